The molecule has 0 spiro atoms. The minimum absolute atomic E-state index is 0.200. The Bertz CT molecular complexity index is 186. The molecule has 0 radical (unpaired) electrons. The van der Waals surface area contributed by atoms with Crippen molar-refractivity contribution in [1.82, 2.24) is 5.32 Å². The van der Waals surface area contributed by atoms with Crippen molar-refractivity contribution in [3.8, 4) is 0 Å². The van der Waals surface area contributed by atoms with E-state index >= 15 is 0 Å². The van der Waals surface area contributed by atoms with Crippen molar-refractivity contribution in [1.29, 1.82) is 5.41 Å². The van der Waals surface area contributed by atoms with Crippen LogP contribution >= 0.6 is 11.6 Å². The molecule has 0 aliphatic carbocycles. The molecule has 0 aromatic carbocycles. The van der Waals surface area contributed by atoms with Crippen molar-refractivity contribution >= 4 is 22.6 Å². The zero-order valence-electron chi connectivity index (χ0n) is 5.86. The van der Waals surface area contributed by atoms with Crippen molar-refractivity contribution in [3.05, 3.63) is 11.8 Å². The second-order valence-corrected chi connectivity index (χ2v) is 2.11. The topological polar surface area (TPSA) is 53.0 Å². The van der Waals surface area contributed by atoms with E-state index in [2.05, 4.69) is 5.32 Å². The molecule has 0 rings (SSSR count). The summed E-state index contributed by atoms with van der Waals surface area (Å²) in [6.07, 6.45) is 1.37. The average Bonchev–Trinajstić information content (AvgIpc) is 1.87. The highest BCUT2D eigenvalue weighted by atomic mass is 35.5. The van der Waals surface area contributed by atoms with Crippen LogP contribution in [0.4, 0.5) is 0 Å². The van der Waals surface area contributed by atoms with E-state index in [9.17, 15) is 4.79 Å². The fourth-order valence-electron chi connectivity index (χ4n) is 0.345. The zero-order chi connectivity index (χ0) is 8.15. The minimum atomic E-state index is -0.741. The molecular formula is C6H9ClN2O. The second-order valence-electron chi connectivity index (χ2n) is 1.76. The Morgan fingerprint density at radius 1 is 1.70 bits per heavy atom. The van der Waals surface area contributed by atoms with Gasteiger partial charge in [0.2, 0.25) is 0 Å². The van der Waals surface area contributed by atoms with Gasteiger partial charge in [-0.3, -0.25) is 10.2 Å². The first-order valence-corrected chi connectivity index (χ1v) is 3.10. The van der Waals surface area contributed by atoms with Crippen LogP contribution in [0, 0.1) is 5.41 Å². The molecule has 4 heteroatoms. The van der Waals surface area contributed by atoms with Crippen molar-refractivity contribution in [2.75, 3.05) is 7.05 Å². The van der Waals surface area contributed by atoms with Gasteiger partial charge >= 0.3 is 0 Å². The molecule has 56 valence electrons. The van der Waals surface area contributed by atoms with Crippen LogP contribution in [-0.2, 0) is 4.79 Å². The summed E-state index contributed by atoms with van der Waals surface area (Å²) in [6.45, 7) is 1.74. The van der Waals surface area contributed by atoms with Crippen molar-refractivity contribution in [2.24, 2.45) is 0 Å². The molecule has 0 heterocycles. The molecule has 10 heavy (non-hydrogen) atoms. The number of allylic oxidation sites excluding steroid dienone is 2. The monoisotopic (exact) mass is 160 g/mol. The number of carbonyl (C=O) groups is 1. The Hall–Kier alpha value is -0.830. The molecule has 0 aliphatic heterocycles. The molecule has 3 nitrogen and oxygen atoms in total. The first-order valence-electron chi connectivity index (χ1n) is 2.72. The van der Waals surface area contributed by atoms with Gasteiger partial charge < -0.3 is 5.32 Å². The number of carbonyl (C=O) groups excluding carboxylic acids is 1. The Labute approximate surface area is 64.6 Å². The van der Waals surface area contributed by atoms with Crippen molar-refractivity contribution < 1.29 is 4.79 Å². The third kappa shape index (κ3) is 3.25. The molecule has 0 fully saturated rings. The van der Waals surface area contributed by atoms with E-state index in [-0.39, 0.29) is 5.71 Å². The summed E-state index contributed by atoms with van der Waals surface area (Å²) < 4.78 is 0. The molecule has 0 saturated heterocycles. The van der Waals surface area contributed by atoms with Gasteiger partial charge in [0.15, 0.2) is 0 Å². The van der Waals surface area contributed by atoms with E-state index in [0.29, 0.717) is 0 Å². The third-order valence-electron chi connectivity index (χ3n) is 0.967. The fraction of sp³-hybridized carbons (Fsp3) is 0.333. The molecule has 0 aromatic heterocycles. The van der Waals surface area contributed by atoms with E-state index in [0.717, 1.165) is 5.70 Å². The highest BCUT2D eigenvalue weighted by Crippen LogP contribution is 1.90. The lowest BCUT2D eigenvalue weighted by atomic mass is 10.3. The predicted molar refractivity (Wildman–Crippen MR) is 41.4 cm³/mol. The van der Waals surface area contributed by atoms with Gasteiger partial charge in [0.25, 0.3) is 5.24 Å². The summed E-state index contributed by atoms with van der Waals surface area (Å²) in [5.41, 5.74) is 0.535. The van der Waals surface area contributed by atoms with Crippen LogP contribution in [0.2, 0.25) is 0 Å². The number of nitrogens with one attached hydrogen (secondary N) is 2. The summed E-state index contributed by atoms with van der Waals surface area (Å²) in [4.78, 5) is 10.3. The molecule has 0 saturated carbocycles. The van der Waals surface area contributed by atoms with Crippen LogP contribution in [0.5, 0.6) is 0 Å². The van der Waals surface area contributed by atoms with Crippen LogP contribution in [0.25, 0.3) is 0 Å². The molecule has 0 unspecified atom stereocenters. The fourth-order valence-corrected chi connectivity index (χ4v) is 0.400. The van der Waals surface area contributed by atoms with Crippen LogP contribution < -0.4 is 5.32 Å². The average molecular weight is 161 g/mol. The lowest BCUT2D eigenvalue weighted by molar-refractivity contribution is -0.106. The van der Waals surface area contributed by atoms with Crippen LogP contribution in [-0.4, -0.2) is 18.0 Å². The van der Waals surface area contributed by atoms with Gasteiger partial charge in [0.1, 0.15) is 5.71 Å². The first-order chi connectivity index (χ1) is 4.57. The van der Waals surface area contributed by atoms with E-state index in [1.54, 1.807) is 14.0 Å². The Morgan fingerprint density at radius 2 is 2.20 bits per heavy atom. The lowest BCUT2D eigenvalue weighted by Crippen LogP contribution is -2.08. The van der Waals surface area contributed by atoms with Crippen LogP contribution in [0.1, 0.15) is 6.92 Å². The third-order valence-corrected chi connectivity index (χ3v) is 1.17. The largest absolute Gasteiger partial charge is 0.392 e. The van der Waals surface area contributed by atoms with Crippen molar-refractivity contribution in [3.63, 3.8) is 0 Å². The van der Waals surface area contributed by atoms with Crippen LogP contribution in [0.15, 0.2) is 11.8 Å². The van der Waals surface area contributed by atoms with Gasteiger partial charge in [0.05, 0.1) is 0 Å². The minimum Gasteiger partial charge on any atom is -0.392 e. The SMILES string of the molecule is CN/C(C)=C\C(=N)C(=O)Cl. The summed E-state index contributed by atoms with van der Waals surface area (Å²) in [5.74, 6) is 0. The Morgan fingerprint density at radius 3 is 2.50 bits per heavy atom. The summed E-state index contributed by atoms with van der Waals surface area (Å²) in [5, 5.41) is 9.00. The van der Waals surface area contributed by atoms with E-state index < -0.39 is 5.24 Å². The first kappa shape index (κ1) is 9.17. The number of hydrogen-bond donors (Lipinski definition) is 2. The van der Waals surface area contributed by atoms with E-state index in [1.165, 1.54) is 6.08 Å². The zero-order valence-corrected chi connectivity index (χ0v) is 6.62. The highest BCUT2D eigenvalue weighted by molar-refractivity contribution is 6.83. The normalized spacial score (nSPS) is 10.9. The summed E-state index contributed by atoms with van der Waals surface area (Å²) >= 11 is 4.99. The van der Waals surface area contributed by atoms with Crippen LogP contribution in [0.3, 0.4) is 0 Å². The Balaban J connectivity index is 4.13. The molecule has 0 amide bonds. The molecule has 2 N–H and O–H groups in total. The lowest BCUT2D eigenvalue weighted by Gasteiger charge is -1.96. The molecule has 0 aliphatic rings. The molecular weight excluding hydrogens is 152 g/mol. The van der Waals surface area contributed by atoms with E-state index in [1.807, 2.05) is 0 Å². The van der Waals surface area contributed by atoms with E-state index in [4.69, 9.17) is 17.0 Å². The standard InChI is InChI=1S/C6H9ClN2O/c1-4(9-2)3-5(8)6(7)10/h3,8-9H,1-2H3/b4-3-,8-5?. The summed E-state index contributed by atoms with van der Waals surface area (Å²) in [7, 11) is 1.71. The molecule has 0 aromatic rings. The van der Waals surface area contributed by atoms with Gasteiger partial charge in [-0.2, -0.15) is 0 Å². The maximum absolute atomic E-state index is 10.3. The van der Waals surface area contributed by atoms with Crippen molar-refractivity contribution in [2.45, 2.75) is 6.92 Å². The number of rotatable bonds is 3. The van der Waals surface area contributed by atoms with Gasteiger partial charge in [-0.05, 0) is 24.6 Å². The van der Waals surface area contributed by atoms with Gasteiger partial charge in [-0.1, -0.05) is 0 Å². The highest BCUT2D eigenvalue weighted by Gasteiger charge is 2.00. The van der Waals surface area contributed by atoms with Gasteiger partial charge in [0, 0.05) is 12.7 Å². The number of hydrogen-bond acceptors (Lipinski definition) is 3. The summed E-state index contributed by atoms with van der Waals surface area (Å²) in [6, 6.07) is 0. The predicted octanol–water partition coefficient (Wildman–Crippen LogP) is 0.895. The maximum atomic E-state index is 10.3. The van der Waals surface area contributed by atoms with Gasteiger partial charge in [-0.25, -0.2) is 0 Å². The smallest absolute Gasteiger partial charge is 0.270 e. The molecule has 0 atom stereocenters. The second kappa shape index (κ2) is 4.06. The Kier molecular flexibility index (Phi) is 3.72. The number of halogens is 1. The van der Waals surface area contributed by atoms with Gasteiger partial charge in [-0.15, -0.1) is 0 Å². The molecule has 0 bridgehead atoms. The maximum Gasteiger partial charge on any atom is 0.270 e. The quantitative estimate of drug-likeness (QED) is 0.476.